The number of rotatable bonds is 8. The molecule has 31 heavy (non-hydrogen) atoms. The molecule has 0 aliphatic heterocycles. The number of aryl methyl sites for hydroxylation is 3. The summed E-state index contributed by atoms with van der Waals surface area (Å²) in [6, 6.07) is 8.00. The number of carbonyl (C=O) groups is 1. The van der Waals surface area contributed by atoms with Crippen molar-refractivity contribution in [1.29, 1.82) is 0 Å². The van der Waals surface area contributed by atoms with Gasteiger partial charge in [-0.3, -0.25) is 18.8 Å². The molecule has 3 heterocycles. The van der Waals surface area contributed by atoms with E-state index >= 15 is 0 Å². The van der Waals surface area contributed by atoms with Crippen LogP contribution in [-0.2, 0) is 17.8 Å². The highest BCUT2D eigenvalue weighted by Gasteiger charge is 2.22. The largest absolute Gasteiger partial charge is 0.442 e. The Kier molecular flexibility index (Phi) is 5.85. The van der Waals surface area contributed by atoms with Gasteiger partial charge in [0.25, 0.3) is 11.5 Å². The first-order valence-electron chi connectivity index (χ1n) is 10.2. The molecule has 162 valence electrons. The van der Waals surface area contributed by atoms with E-state index in [-0.39, 0.29) is 28.1 Å². The van der Waals surface area contributed by atoms with Crippen LogP contribution in [-0.4, -0.2) is 45.5 Å². The molecule has 0 radical (unpaired) electrons. The summed E-state index contributed by atoms with van der Waals surface area (Å²) in [5, 5.41) is 8.82. The predicted molar refractivity (Wildman–Crippen MR) is 116 cm³/mol. The molecule has 0 unspecified atom stereocenters. The van der Waals surface area contributed by atoms with E-state index in [0.29, 0.717) is 38.4 Å². The number of fused-ring (bicyclic) bond motifs is 2. The molecule has 0 fully saturated rings. The van der Waals surface area contributed by atoms with Crippen LogP contribution < -0.4 is 10.9 Å². The molecular formula is C22H25N5O4. The first-order valence-corrected chi connectivity index (χ1v) is 10.2. The van der Waals surface area contributed by atoms with Gasteiger partial charge in [-0.2, -0.15) is 5.10 Å². The summed E-state index contributed by atoms with van der Waals surface area (Å²) in [6.45, 7) is 5.54. The third-order valence-electron chi connectivity index (χ3n) is 5.36. The fourth-order valence-electron chi connectivity index (χ4n) is 3.71. The van der Waals surface area contributed by atoms with Crippen molar-refractivity contribution < 1.29 is 13.9 Å². The van der Waals surface area contributed by atoms with E-state index in [0.717, 1.165) is 16.6 Å². The van der Waals surface area contributed by atoms with Crippen molar-refractivity contribution in [3.05, 3.63) is 58.0 Å². The minimum Gasteiger partial charge on any atom is -0.442 e. The Labute approximate surface area is 178 Å². The number of furan rings is 1. The van der Waals surface area contributed by atoms with Gasteiger partial charge in [0.15, 0.2) is 0 Å². The zero-order chi connectivity index (χ0) is 22.0. The highest BCUT2D eigenvalue weighted by atomic mass is 16.5. The maximum atomic E-state index is 12.8. The third-order valence-corrected chi connectivity index (χ3v) is 5.36. The van der Waals surface area contributed by atoms with Gasteiger partial charge in [0, 0.05) is 31.3 Å². The number of hydrogen-bond donors (Lipinski definition) is 1. The first-order chi connectivity index (χ1) is 15.0. The quantitative estimate of drug-likeness (QED) is 0.437. The molecule has 0 atom stereocenters. The van der Waals surface area contributed by atoms with Crippen LogP contribution in [0.25, 0.3) is 22.0 Å². The van der Waals surface area contributed by atoms with Gasteiger partial charge in [-0.25, -0.2) is 4.98 Å². The Morgan fingerprint density at radius 2 is 2.03 bits per heavy atom. The minimum absolute atomic E-state index is 0.167. The number of amides is 1. The Bertz CT molecular complexity index is 1300. The van der Waals surface area contributed by atoms with Crippen molar-refractivity contribution in [3.63, 3.8) is 0 Å². The van der Waals surface area contributed by atoms with Crippen molar-refractivity contribution >= 4 is 27.9 Å². The number of benzene rings is 1. The summed E-state index contributed by atoms with van der Waals surface area (Å²) in [4.78, 5) is 29.8. The zero-order valence-corrected chi connectivity index (χ0v) is 17.8. The molecule has 0 bridgehead atoms. The second kappa shape index (κ2) is 8.73. The first kappa shape index (κ1) is 20.8. The van der Waals surface area contributed by atoms with Crippen LogP contribution in [0, 0.1) is 13.8 Å². The number of carbonyl (C=O) groups excluding carboxylic acids is 1. The van der Waals surface area contributed by atoms with Gasteiger partial charge >= 0.3 is 0 Å². The van der Waals surface area contributed by atoms with Crippen molar-refractivity contribution in [2.45, 2.75) is 33.4 Å². The summed E-state index contributed by atoms with van der Waals surface area (Å²) in [7, 11) is 1.56. The van der Waals surface area contributed by atoms with Crippen molar-refractivity contribution in [1.82, 2.24) is 24.6 Å². The Balaban J connectivity index is 1.46. The molecule has 1 amide bonds. The summed E-state index contributed by atoms with van der Waals surface area (Å²) in [5.41, 5.74) is 2.14. The fraction of sp³-hybridized carbons (Fsp3) is 0.364. The smallest absolute Gasteiger partial charge is 0.265 e. The Hall–Kier alpha value is -3.46. The number of ether oxygens (including phenoxy) is 1. The molecular weight excluding hydrogens is 398 g/mol. The van der Waals surface area contributed by atoms with E-state index in [2.05, 4.69) is 21.5 Å². The van der Waals surface area contributed by atoms with Gasteiger partial charge in [-0.1, -0.05) is 18.2 Å². The van der Waals surface area contributed by atoms with Crippen LogP contribution in [0.2, 0.25) is 0 Å². The molecule has 1 N–H and O–H groups in total. The van der Waals surface area contributed by atoms with Crippen LogP contribution >= 0.6 is 0 Å². The lowest BCUT2D eigenvalue weighted by molar-refractivity contribution is 0.0952. The molecule has 4 rings (SSSR count). The van der Waals surface area contributed by atoms with Crippen LogP contribution in [0.3, 0.4) is 0 Å². The Morgan fingerprint density at radius 1 is 1.23 bits per heavy atom. The van der Waals surface area contributed by atoms with Crippen LogP contribution in [0.15, 0.2) is 39.8 Å². The van der Waals surface area contributed by atoms with Crippen LogP contribution in [0.5, 0.6) is 0 Å². The van der Waals surface area contributed by atoms with E-state index < -0.39 is 0 Å². The number of nitrogens with one attached hydrogen (secondary N) is 1. The molecule has 9 heteroatoms. The number of nitrogens with zero attached hydrogens (tertiary/aromatic N) is 4. The number of hydrogen-bond acceptors (Lipinski definition) is 6. The summed E-state index contributed by atoms with van der Waals surface area (Å²) in [5.74, 6) is 0.0257. The van der Waals surface area contributed by atoms with Gasteiger partial charge in [0.1, 0.15) is 17.5 Å². The average molecular weight is 423 g/mol. The molecule has 0 saturated heterocycles. The van der Waals surface area contributed by atoms with Crippen LogP contribution in [0.4, 0.5) is 0 Å². The van der Waals surface area contributed by atoms with E-state index in [1.807, 2.05) is 29.8 Å². The van der Waals surface area contributed by atoms with E-state index in [1.54, 1.807) is 14.0 Å². The average Bonchev–Trinajstić information content (AvgIpc) is 3.27. The van der Waals surface area contributed by atoms with Gasteiger partial charge in [0.05, 0.1) is 24.2 Å². The molecule has 0 aliphatic rings. The summed E-state index contributed by atoms with van der Waals surface area (Å²) in [6.07, 6.45) is 2.11. The molecule has 0 spiro atoms. The third kappa shape index (κ3) is 3.96. The second-order valence-corrected chi connectivity index (χ2v) is 7.38. The summed E-state index contributed by atoms with van der Waals surface area (Å²) < 4.78 is 14.0. The highest BCUT2D eigenvalue weighted by Crippen LogP contribution is 2.21. The zero-order valence-electron chi connectivity index (χ0n) is 17.8. The van der Waals surface area contributed by atoms with Crippen molar-refractivity contribution in [2.75, 3.05) is 20.3 Å². The van der Waals surface area contributed by atoms with Crippen molar-refractivity contribution in [3.8, 4) is 0 Å². The van der Waals surface area contributed by atoms with Gasteiger partial charge in [-0.05, 0) is 26.3 Å². The number of methoxy groups -OCH3 is 1. The number of aromatic nitrogens is 4. The predicted octanol–water partition coefficient (Wildman–Crippen LogP) is 2.42. The lowest BCUT2D eigenvalue weighted by atomic mass is 10.1. The minimum atomic E-state index is -0.345. The van der Waals surface area contributed by atoms with Crippen molar-refractivity contribution in [2.24, 2.45) is 0 Å². The molecule has 1 aromatic carbocycles. The monoisotopic (exact) mass is 423 g/mol. The van der Waals surface area contributed by atoms with E-state index in [9.17, 15) is 9.59 Å². The van der Waals surface area contributed by atoms with Gasteiger partial charge in [0.2, 0.25) is 5.71 Å². The highest BCUT2D eigenvalue weighted by molar-refractivity contribution is 6.06. The summed E-state index contributed by atoms with van der Waals surface area (Å²) >= 11 is 0. The lowest BCUT2D eigenvalue weighted by Gasteiger charge is -2.07. The molecule has 3 aromatic heterocycles. The molecule has 0 aliphatic carbocycles. The maximum Gasteiger partial charge on any atom is 0.265 e. The van der Waals surface area contributed by atoms with Gasteiger partial charge in [-0.15, -0.1) is 0 Å². The fourth-order valence-corrected chi connectivity index (χ4v) is 3.71. The maximum absolute atomic E-state index is 12.8. The topological polar surface area (TPSA) is 104 Å². The van der Waals surface area contributed by atoms with Gasteiger partial charge < -0.3 is 14.5 Å². The molecule has 4 aromatic rings. The van der Waals surface area contributed by atoms with E-state index in [4.69, 9.17) is 9.15 Å². The second-order valence-electron chi connectivity index (χ2n) is 7.38. The van der Waals surface area contributed by atoms with E-state index in [1.165, 1.54) is 10.9 Å². The standard InChI is InChI=1S/C22H25N5O4/c1-14-16-7-4-5-8-17(16)25-27(14)10-6-9-23-20(28)18-15(2)31-21-19(18)22(29)26(13-24-21)11-12-30-3/h4-5,7-8,13H,6,9-12H2,1-3H3,(H,23,28). The normalized spacial score (nSPS) is 11.5. The van der Waals surface area contributed by atoms with Crippen LogP contribution in [0.1, 0.15) is 28.2 Å². The molecule has 9 nitrogen and oxygen atoms in total. The Morgan fingerprint density at radius 3 is 2.81 bits per heavy atom. The SMILES string of the molecule is COCCn1cnc2oc(C)c(C(=O)NCCCn3nc4ccccc4c3C)c2c1=O. The molecule has 0 saturated carbocycles. The lowest BCUT2D eigenvalue weighted by Crippen LogP contribution is -2.28.